The average Bonchev–Trinajstić information content (AvgIpc) is 3.60. The highest BCUT2D eigenvalue weighted by molar-refractivity contribution is 6.21. The fourth-order valence-electron chi connectivity index (χ4n) is 5.43. The summed E-state index contributed by atoms with van der Waals surface area (Å²) in [7, 11) is 0. The molecule has 2 aromatic heterocycles. The van der Waals surface area contributed by atoms with Crippen molar-refractivity contribution in [2.45, 2.75) is 70.1 Å². The average molecular weight is 517 g/mol. The minimum atomic E-state index is -1.16. The van der Waals surface area contributed by atoms with Gasteiger partial charge in [-0.3, -0.25) is 14.5 Å². The molecule has 1 aliphatic carbocycles. The normalized spacial score (nSPS) is 19.3. The number of aliphatic hydroxyl groups is 1. The maximum Gasteiger partial charge on any atom is 0.410 e. The fraction of sp³-hybridized carbons (Fsp3) is 0.448. The second-order valence-corrected chi connectivity index (χ2v) is 11.7. The number of imidazole rings is 1. The fourth-order valence-corrected chi connectivity index (χ4v) is 5.43. The molecule has 38 heavy (non-hydrogen) atoms. The van der Waals surface area contributed by atoms with E-state index < -0.39 is 11.2 Å². The molecular formula is C29H32N4O5. The summed E-state index contributed by atoms with van der Waals surface area (Å²) in [5.74, 6) is -0.199. The van der Waals surface area contributed by atoms with E-state index in [2.05, 4.69) is 6.07 Å². The van der Waals surface area contributed by atoms with Gasteiger partial charge in [-0.2, -0.15) is 0 Å². The van der Waals surface area contributed by atoms with E-state index in [0.717, 1.165) is 24.0 Å². The van der Waals surface area contributed by atoms with Gasteiger partial charge in [0, 0.05) is 31.0 Å². The summed E-state index contributed by atoms with van der Waals surface area (Å²) in [6.45, 7) is 6.30. The second-order valence-electron chi connectivity index (χ2n) is 11.7. The number of ether oxygens (including phenoxy) is 1. The van der Waals surface area contributed by atoms with Crippen molar-refractivity contribution in [1.29, 1.82) is 0 Å². The Bertz CT molecular complexity index is 1420. The van der Waals surface area contributed by atoms with E-state index in [-0.39, 0.29) is 24.5 Å². The Morgan fingerprint density at radius 2 is 1.71 bits per heavy atom. The number of benzene rings is 1. The van der Waals surface area contributed by atoms with Gasteiger partial charge >= 0.3 is 6.09 Å². The zero-order valence-electron chi connectivity index (χ0n) is 21.9. The van der Waals surface area contributed by atoms with E-state index in [4.69, 9.17) is 9.72 Å². The number of rotatable bonds is 4. The Labute approximate surface area is 221 Å². The van der Waals surface area contributed by atoms with Crippen LogP contribution < -0.4 is 0 Å². The minimum Gasteiger partial charge on any atom is -0.444 e. The number of likely N-dealkylation sites (tertiary alicyclic amines) is 1. The molecule has 1 N–H and O–H groups in total. The molecule has 2 fully saturated rings. The summed E-state index contributed by atoms with van der Waals surface area (Å²) in [5, 5.41) is 11.8. The first-order valence-electron chi connectivity index (χ1n) is 13.2. The summed E-state index contributed by atoms with van der Waals surface area (Å²) in [6.07, 6.45) is 6.43. The van der Waals surface area contributed by atoms with Crippen LogP contribution in [0.25, 0.3) is 5.65 Å². The smallest absolute Gasteiger partial charge is 0.410 e. The quantitative estimate of drug-likeness (QED) is 0.521. The first-order chi connectivity index (χ1) is 18.0. The highest BCUT2D eigenvalue weighted by Crippen LogP contribution is 2.43. The second kappa shape index (κ2) is 8.66. The lowest BCUT2D eigenvalue weighted by atomic mass is 9.84. The Morgan fingerprint density at radius 1 is 1.08 bits per heavy atom. The molecule has 0 atom stereocenters. The third-order valence-corrected chi connectivity index (χ3v) is 7.61. The predicted octanol–water partition coefficient (Wildman–Crippen LogP) is 4.23. The van der Waals surface area contributed by atoms with Crippen molar-refractivity contribution in [2.24, 2.45) is 0 Å². The van der Waals surface area contributed by atoms with Crippen LogP contribution in [0.15, 0.2) is 42.7 Å². The SMILES string of the molecule is CC(C)(C)OC(=O)N1CCC(O)(c2cc(C3CC3)cn3cc(CN4C(=O)c5ccccc5C4=O)nc23)CC1. The maximum atomic E-state index is 12.9. The van der Waals surface area contributed by atoms with E-state index in [1.165, 1.54) is 4.90 Å². The molecule has 0 radical (unpaired) electrons. The van der Waals surface area contributed by atoms with Crippen LogP contribution in [-0.4, -0.2) is 60.9 Å². The number of fused-ring (bicyclic) bond motifs is 2. The summed E-state index contributed by atoms with van der Waals surface area (Å²) in [4.78, 5) is 46.1. The minimum absolute atomic E-state index is 0.0527. The molecule has 6 rings (SSSR count). The molecule has 1 saturated heterocycles. The monoisotopic (exact) mass is 516 g/mol. The van der Waals surface area contributed by atoms with Crippen LogP contribution in [0, 0.1) is 0 Å². The molecular weight excluding hydrogens is 484 g/mol. The van der Waals surface area contributed by atoms with Gasteiger partial charge in [-0.1, -0.05) is 12.1 Å². The molecule has 4 heterocycles. The lowest BCUT2D eigenvalue weighted by molar-refractivity contribution is -0.0351. The molecule has 3 aromatic rings. The molecule has 9 nitrogen and oxygen atoms in total. The number of hydrogen-bond acceptors (Lipinski definition) is 6. The third kappa shape index (κ3) is 4.34. The summed E-state index contributed by atoms with van der Waals surface area (Å²) >= 11 is 0. The molecule has 0 bridgehead atoms. The first kappa shape index (κ1) is 24.6. The number of pyridine rings is 1. The molecule has 1 aromatic carbocycles. The zero-order chi connectivity index (χ0) is 26.8. The van der Waals surface area contributed by atoms with Crippen LogP contribution in [0.1, 0.15) is 89.9 Å². The number of amides is 3. The molecule has 0 spiro atoms. The van der Waals surface area contributed by atoms with Gasteiger partial charge in [0.15, 0.2) is 0 Å². The van der Waals surface area contributed by atoms with E-state index >= 15 is 0 Å². The van der Waals surface area contributed by atoms with Gasteiger partial charge < -0.3 is 19.1 Å². The summed E-state index contributed by atoms with van der Waals surface area (Å²) in [5.41, 5.74) is 2.11. The van der Waals surface area contributed by atoms with Crippen molar-refractivity contribution in [2.75, 3.05) is 13.1 Å². The number of carbonyl (C=O) groups is 3. The number of nitrogens with zero attached hydrogens (tertiary/aromatic N) is 4. The van der Waals surface area contributed by atoms with Crippen LogP contribution in [-0.2, 0) is 16.9 Å². The molecule has 3 amide bonds. The molecule has 0 unspecified atom stereocenters. The standard InChI is InChI=1S/C29H32N4O5/c1-28(2,3)38-27(36)31-12-10-29(37,11-13-31)23-14-19(18-8-9-18)15-32-16-20(30-24(23)32)17-33-25(34)21-6-4-5-7-22(21)26(33)35/h4-7,14-16,18,37H,8-13,17H2,1-3H3. The summed E-state index contributed by atoms with van der Waals surface area (Å²) < 4.78 is 7.43. The van der Waals surface area contributed by atoms with Gasteiger partial charge in [-0.05, 0) is 76.1 Å². The molecule has 3 aliphatic rings. The van der Waals surface area contributed by atoms with Crippen LogP contribution in [0.2, 0.25) is 0 Å². The van der Waals surface area contributed by atoms with E-state index in [1.807, 2.05) is 37.6 Å². The van der Waals surface area contributed by atoms with Crippen molar-refractivity contribution in [1.82, 2.24) is 19.2 Å². The van der Waals surface area contributed by atoms with Crippen LogP contribution >= 0.6 is 0 Å². The van der Waals surface area contributed by atoms with Crippen molar-refractivity contribution >= 4 is 23.6 Å². The number of imide groups is 1. The molecule has 1 saturated carbocycles. The maximum absolute atomic E-state index is 12.9. The highest BCUT2D eigenvalue weighted by atomic mass is 16.6. The van der Waals surface area contributed by atoms with Gasteiger partial charge in [-0.15, -0.1) is 0 Å². The zero-order valence-corrected chi connectivity index (χ0v) is 21.9. The van der Waals surface area contributed by atoms with Crippen molar-refractivity contribution < 1.29 is 24.2 Å². The predicted molar refractivity (Wildman–Crippen MR) is 139 cm³/mol. The van der Waals surface area contributed by atoms with Gasteiger partial charge in [0.05, 0.1) is 29.0 Å². The largest absolute Gasteiger partial charge is 0.444 e. The lowest BCUT2D eigenvalue weighted by Crippen LogP contribution is -2.47. The van der Waals surface area contributed by atoms with E-state index in [1.54, 1.807) is 29.2 Å². The number of hydrogen-bond donors (Lipinski definition) is 1. The van der Waals surface area contributed by atoms with Gasteiger partial charge in [0.1, 0.15) is 11.2 Å². The molecule has 2 aliphatic heterocycles. The first-order valence-corrected chi connectivity index (χ1v) is 13.2. The Hall–Kier alpha value is -3.72. The third-order valence-electron chi connectivity index (χ3n) is 7.61. The highest BCUT2D eigenvalue weighted by Gasteiger charge is 2.40. The number of carbonyl (C=O) groups excluding carboxylic acids is 3. The van der Waals surface area contributed by atoms with E-state index in [0.29, 0.717) is 54.3 Å². The Kier molecular flexibility index (Phi) is 5.61. The van der Waals surface area contributed by atoms with Gasteiger partial charge in [0.2, 0.25) is 0 Å². The van der Waals surface area contributed by atoms with Crippen molar-refractivity contribution in [3.8, 4) is 0 Å². The number of piperidine rings is 1. The lowest BCUT2D eigenvalue weighted by Gasteiger charge is -2.39. The number of aromatic nitrogens is 2. The Morgan fingerprint density at radius 3 is 2.29 bits per heavy atom. The van der Waals surface area contributed by atoms with Crippen molar-refractivity contribution in [3.05, 3.63) is 70.7 Å². The van der Waals surface area contributed by atoms with Crippen LogP contribution in [0.4, 0.5) is 4.79 Å². The van der Waals surface area contributed by atoms with Crippen molar-refractivity contribution in [3.63, 3.8) is 0 Å². The molecule has 198 valence electrons. The van der Waals surface area contributed by atoms with E-state index in [9.17, 15) is 19.5 Å². The molecule has 9 heteroatoms. The topological polar surface area (TPSA) is 104 Å². The Balaban J connectivity index is 1.29. The van der Waals surface area contributed by atoms with Crippen LogP contribution in [0.5, 0.6) is 0 Å². The summed E-state index contributed by atoms with van der Waals surface area (Å²) in [6, 6.07) is 8.88. The van der Waals surface area contributed by atoms with Gasteiger partial charge in [-0.25, -0.2) is 9.78 Å². The van der Waals surface area contributed by atoms with Crippen LogP contribution in [0.3, 0.4) is 0 Å². The van der Waals surface area contributed by atoms with Gasteiger partial charge in [0.25, 0.3) is 11.8 Å².